The number of ether oxygens (including phenoxy) is 1. The third-order valence-electron chi connectivity index (χ3n) is 3.82. The number of nitriles is 1. The molecule has 0 fully saturated rings. The van der Waals surface area contributed by atoms with Crippen molar-refractivity contribution < 1.29 is 44.3 Å². The standard InChI is InChI=1S/C15H12F9NO/c1-11(26-2,10-5-3-4-9(6-10)7-25)8-12(16,17)13(18,19)14(20,21)15(22,23)24/h3-6H,8H2,1-2H3. The normalized spacial score (nSPS) is 16.1. The summed E-state index contributed by atoms with van der Waals surface area (Å²) in [4.78, 5) is 0. The maximum absolute atomic E-state index is 13.9. The van der Waals surface area contributed by atoms with Gasteiger partial charge in [0.25, 0.3) is 0 Å². The molecule has 0 aromatic heterocycles. The first-order chi connectivity index (χ1) is 11.6. The molecule has 0 saturated heterocycles. The third kappa shape index (κ3) is 3.60. The summed E-state index contributed by atoms with van der Waals surface area (Å²) in [6.45, 7) is 0.805. The predicted octanol–water partition coefficient (Wildman–Crippen LogP) is 5.28. The topological polar surface area (TPSA) is 33.0 Å². The fourth-order valence-electron chi connectivity index (χ4n) is 2.15. The molecule has 1 unspecified atom stereocenters. The van der Waals surface area contributed by atoms with Gasteiger partial charge in [-0.25, -0.2) is 0 Å². The summed E-state index contributed by atoms with van der Waals surface area (Å²) in [5.41, 5.74) is -2.73. The molecule has 0 heterocycles. The molecule has 0 amide bonds. The molecule has 0 aliphatic rings. The van der Waals surface area contributed by atoms with E-state index in [1.165, 1.54) is 12.1 Å². The summed E-state index contributed by atoms with van der Waals surface area (Å²) >= 11 is 0. The minimum atomic E-state index is -6.97. The number of rotatable bonds is 6. The molecule has 2 nitrogen and oxygen atoms in total. The maximum Gasteiger partial charge on any atom is 0.460 e. The van der Waals surface area contributed by atoms with Crippen LogP contribution in [0.5, 0.6) is 0 Å². The van der Waals surface area contributed by atoms with Gasteiger partial charge in [-0.2, -0.15) is 44.8 Å². The molecule has 1 aromatic carbocycles. The maximum atomic E-state index is 13.9. The third-order valence-corrected chi connectivity index (χ3v) is 3.82. The molecule has 0 saturated carbocycles. The SMILES string of the molecule is COC(C)(CC(F)(F)C(F)(F)C(F)(F)C(F)(F)F)c1cccc(C#N)c1. The lowest BCUT2D eigenvalue weighted by Gasteiger charge is -2.38. The molecule has 1 aromatic rings. The number of nitrogens with zero attached hydrogens (tertiary/aromatic N) is 1. The Bertz CT molecular complexity index is 693. The highest BCUT2D eigenvalue weighted by atomic mass is 19.4. The first-order valence-electron chi connectivity index (χ1n) is 6.82. The predicted molar refractivity (Wildman–Crippen MR) is 71.0 cm³/mol. The average Bonchev–Trinajstić information content (AvgIpc) is 2.53. The van der Waals surface area contributed by atoms with Crippen molar-refractivity contribution in [1.29, 1.82) is 5.26 Å². The van der Waals surface area contributed by atoms with E-state index in [4.69, 9.17) is 10.00 Å². The smallest absolute Gasteiger partial charge is 0.374 e. The Hall–Kier alpha value is -1.96. The number of halogens is 9. The summed E-state index contributed by atoms with van der Waals surface area (Å²) in [7, 11) is 0.787. The zero-order chi connectivity index (χ0) is 20.6. The highest BCUT2D eigenvalue weighted by Gasteiger charge is 2.82. The van der Waals surface area contributed by atoms with Crippen molar-refractivity contribution in [1.82, 2.24) is 0 Å². The summed E-state index contributed by atoms with van der Waals surface area (Å²) < 4.78 is 122. The minimum Gasteiger partial charge on any atom is -0.374 e. The van der Waals surface area contributed by atoms with Crippen molar-refractivity contribution in [2.45, 2.75) is 42.9 Å². The number of hydrogen-bond donors (Lipinski definition) is 0. The number of benzene rings is 1. The van der Waals surface area contributed by atoms with Gasteiger partial charge in [0.1, 0.15) is 0 Å². The van der Waals surface area contributed by atoms with Crippen molar-refractivity contribution >= 4 is 0 Å². The lowest BCUT2D eigenvalue weighted by atomic mass is 9.85. The molecule has 0 bridgehead atoms. The second kappa shape index (κ2) is 6.64. The van der Waals surface area contributed by atoms with Crippen molar-refractivity contribution in [2.75, 3.05) is 7.11 Å². The number of alkyl halides is 9. The Morgan fingerprint density at radius 1 is 0.962 bits per heavy atom. The van der Waals surface area contributed by atoms with Crippen LogP contribution in [0.1, 0.15) is 24.5 Å². The molecule has 146 valence electrons. The highest BCUT2D eigenvalue weighted by molar-refractivity contribution is 5.35. The van der Waals surface area contributed by atoms with Crippen LogP contribution in [0.4, 0.5) is 39.5 Å². The Balaban J connectivity index is 3.37. The molecule has 0 aliphatic carbocycles. The Labute approximate surface area is 142 Å². The molecular weight excluding hydrogens is 381 g/mol. The van der Waals surface area contributed by atoms with Crippen LogP contribution in [-0.2, 0) is 10.3 Å². The van der Waals surface area contributed by atoms with Crippen LogP contribution in [0.2, 0.25) is 0 Å². The van der Waals surface area contributed by atoms with E-state index in [-0.39, 0.29) is 11.1 Å². The molecule has 1 atom stereocenters. The fourth-order valence-corrected chi connectivity index (χ4v) is 2.15. The van der Waals surface area contributed by atoms with E-state index >= 15 is 0 Å². The van der Waals surface area contributed by atoms with Gasteiger partial charge in [-0.05, 0) is 24.6 Å². The quantitative estimate of drug-likeness (QED) is 0.617. The van der Waals surface area contributed by atoms with Crippen molar-refractivity contribution in [3.63, 3.8) is 0 Å². The van der Waals surface area contributed by atoms with Gasteiger partial charge in [0.2, 0.25) is 0 Å². The first kappa shape index (κ1) is 22.1. The van der Waals surface area contributed by atoms with Crippen LogP contribution < -0.4 is 0 Å². The van der Waals surface area contributed by atoms with E-state index in [0.29, 0.717) is 0 Å². The van der Waals surface area contributed by atoms with Crippen LogP contribution in [0.3, 0.4) is 0 Å². The number of methoxy groups -OCH3 is 1. The summed E-state index contributed by atoms with van der Waals surface area (Å²) in [6.07, 6.45) is -9.08. The largest absolute Gasteiger partial charge is 0.460 e. The average molecular weight is 393 g/mol. The highest BCUT2D eigenvalue weighted by Crippen LogP contribution is 2.56. The molecule has 0 aliphatic heterocycles. The molecular formula is C15H12F9NO. The monoisotopic (exact) mass is 393 g/mol. The summed E-state index contributed by atoms with van der Waals surface area (Å²) in [6, 6.07) is 6.12. The van der Waals surface area contributed by atoms with Crippen molar-refractivity contribution in [3.8, 4) is 6.07 Å². The Kier molecular flexibility index (Phi) is 5.64. The van der Waals surface area contributed by atoms with E-state index < -0.39 is 36.0 Å². The first-order valence-corrected chi connectivity index (χ1v) is 6.82. The lowest BCUT2D eigenvalue weighted by molar-refractivity contribution is -0.400. The number of hydrogen-bond acceptors (Lipinski definition) is 2. The van der Waals surface area contributed by atoms with Gasteiger partial charge < -0.3 is 4.74 Å². The van der Waals surface area contributed by atoms with E-state index in [9.17, 15) is 39.5 Å². The van der Waals surface area contributed by atoms with Gasteiger partial charge >= 0.3 is 23.9 Å². The second-order valence-corrected chi connectivity index (χ2v) is 5.66. The van der Waals surface area contributed by atoms with Gasteiger partial charge in [0.05, 0.1) is 23.7 Å². The zero-order valence-electron chi connectivity index (χ0n) is 13.3. The van der Waals surface area contributed by atoms with E-state index in [1.807, 2.05) is 0 Å². The fraction of sp³-hybridized carbons (Fsp3) is 0.533. The molecule has 11 heteroatoms. The second-order valence-electron chi connectivity index (χ2n) is 5.66. The van der Waals surface area contributed by atoms with Gasteiger partial charge in [-0.15, -0.1) is 0 Å². The summed E-state index contributed by atoms with van der Waals surface area (Å²) in [5, 5.41) is 8.78. The van der Waals surface area contributed by atoms with Crippen LogP contribution in [0, 0.1) is 11.3 Å². The van der Waals surface area contributed by atoms with E-state index in [0.717, 1.165) is 26.2 Å². The van der Waals surface area contributed by atoms with Gasteiger partial charge in [0.15, 0.2) is 0 Å². The van der Waals surface area contributed by atoms with E-state index in [1.54, 1.807) is 6.07 Å². The lowest BCUT2D eigenvalue weighted by Crippen LogP contribution is -2.62. The van der Waals surface area contributed by atoms with Gasteiger partial charge in [0, 0.05) is 7.11 Å². The van der Waals surface area contributed by atoms with Crippen molar-refractivity contribution in [3.05, 3.63) is 35.4 Å². The van der Waals surface area contributed by atoms with Crippen LogP contribution in [0.25, 0.3) is 0 Å². The zero-order valence-corrected chi connectivity index (χ0v) is 13.3. The summed E-state index contributed by atoms with van der Waals surface area (Å²) in [5.74, 6) is -19.5. The molecule has 0 spiro atoms. The van der Waals surface area contributed by atoms with Crippen LogP contribution in [0.15, 0.2) is 24.3 Å². The molecule has 26 heavy (non-hydrogen) atoms. The van der Waals surface area contributed by atoms with E-state index in [2.05, 4.69) is 0 Å². The Morgan fingerprint density at radius 3 is 1.92 bits per heavy atom. The van der Waals surface area contributed by atoms with Crippen LogP contribution in [-0.4, -0.2) is 31.1 Å². The molecule has 0 N–H and O–H groups in total. The van der Waals surface area contributed by atoms with Gasteiger partial charge in [-0.3, -0.25) is 0 Å². The van der Waals surface area contributed by atoms with Crippen molar-refractivity contribution in [2.24, 2.45) is 0 Å². The minimum absolute atomic E-state index is 0.0820. The van der Waals surface area contributed by atoms with Gasteiger partial charge in [-0.1, -0.05) is 12.1 Å². The Morgan fingerprint density at radius 2 is 1.50 bits per heavy atom. The van der Waals surface area contributed by atoms with Crippen LogP contribution >= 0.6 is 0 Å². The molecule has 0 radical (unpaired) electrons. The molecule has 1 rings (SSSR count).